The standard InChI is InChI=1S/C17H19FN2OS/c1-22-11-12-3-2-8-20(10-12)17(21)14-4-5-16(18)13-6-7-19-9-15(13)14/h4-7,9,12H,2-3,8,10-11H2,1H3. The van der Waals surface area contributed by atoms with E-state index in [0.717, 1.165) is 25.3 Å². The van der Waals surface area contributed by atoms with Crippen LogP contribution in [0, 0.1) is 11.7 Å². The van der Waals surface area contributed by atoms with Crippen molar-refractivity contribution in [1.29, 1.82) is 0 Å². The Balaban J connectivity index is 1.91. The SMILES string of the molecule is CSCC1CCCN(C(=O)c2ccc(F)c3ccncc23)C1. The highest BCUT2D eigenvalue weighted by atomic mass is 32.2. The van der Waals surface area contributed by atoms with Crippen molar-refractivity contribution in [2.75, 3.05) is 25.1 Å². The van der Waals surface area contributed by atoms with Crippen LogP contribution < -0.4 is 0 Å². The minimum Gasteiger partial charge on any atom is -0.338 e. The molecule has 1 fully saturated rings. The molecule has 1 atom stereocenters. The quantitative estimate of drug-likeness (QED) is 0.867. The van der Waals surface area contributed by atoms with Gasteiger partial charge in [-0.1, -0.05) is 0 Å². The summed E-state index contributed by atoms with van der Waals surface area (Å²) in [6, 6.07) is 4.58. The van der Waals surface area contributed by atoms with Gasteiger partial charge in [-0.3, -0.25) is 9.78 Å². The summed E-state index contributed by atoms with van der Waals surface area (Å²) >= 11 is 1.82. The van der Waals surface area contributed by atoms with E-state index in [-0.39, 0.29) is 11.7 Å². The van der Waals surface area contributed by atoms with Crippen molar-refractivity contribution >= 4 is 28.4 Å². The van der Waals surface area contributed by atoms with Crippen LogP contribution in [0.5, 0.6) is 0 Å². The Hall–Kier alpha value is -1.62. The minimum absolute atomic E-state index is 0.0104. The Morgan fingerprint density at radius 2 is 2.27 bits per heavy atom. The molecule has 0 aliphatic carbocycles. The number of piperidine rings is 1. The number of nitrogens with zero attached hydrogens (tertiary/aromatic N) is 2. The number of likely N-dealkylation sites (tertiary alicyclic amines) is 1. The van der Waals surface area contributed by atoms with Gasteiger partial charge in [-0.05, 0) is 49.0 Å². The monoisotopic (exact) mass is 318 g/mol. The van der Waals surface area contributed by atoms with Gasteiger partial charge in [-0.15, -0.1) is 0 Å². The second-order valence-electron chi connectivity index (χ2n) is 5.73. The predicted octanol–water partition coefficient (Wildman–Crippen LogP) is 3.59. The topological polar surface area (TPSA) is 33.2 Å². The summed E-state index contributed by atoms with van der Waals surface area (Å²) in [5, 5.41) is 1.05. The van der Waals surface area contributed by atoms with Gasteiger partial charge in [0.05, 0.1) is 0 Å². The van der Waals surface area contributed by atoms with Gasteiger partial charge in [0.2, 0.25) is 0 Å². The molecule has 1 unspecified atom stereocenters. The number of hydrogen-bond acceptors (Lipinski definition) is 3. The lowest BCUT2D eigenvalue weighted by atomic mass is 9.98. The number of carbonyl (C=O) groups is 1. The first kappa shape index (κ1) is 15.3. The van der Waals surface area contributed by atoms with Crippen LogP contribution >= 0.6 is 11.8 Å². The maximum Gasteiger partial charge on any atom is 0.254 e. The average molecular weight is 318 g/mol. The summed E-state index contributed by atoms with van der Waals surface area (Å²) in [6.07, 6.45) is 7.44. The molecular weight excluding hydrogens is 299 g/mol. The summed E-state index contributed by atoms with van der Waals surface area (Å²) in [5.41, 5.74) is 0.550. The van der Waals surface area contributed by atoms with E-state index in [0.29, 0.717) is 22.3 Å². The first-order chi connectivity index (χ1) is 10.7. The van der Waals surface area contributed by atoms with E-state index in [9.17, 15) is 9.18 Å². The minimum atomic E-state index is -0.312. The van der Waals surface area contributed by atoms with Crippen molar-refractivity contribution in [3.8, 4) is 0 Å². The Kier molecular flexibility index (Phi) is 4.62. The number of pyridine rings is 1. The first-order valence-electron chi connectivity index (χ1n) is 7.51. The number of rotatable bonds is 3. The lowest BCUT2D eigenvalue weighted by molar-refractivity contribution is 0.0687. The maximum absolute atomic E-state index is 13.9. The van der Waals surface area contributed by atoms with Gasteiger partial charge in [0.25, 0.3) is 5.91 Å². The lowest BCUT2D eigenvalue weighted by Crippen LogP contribution is -2.40. The zero-order valence-electron chi connectivity index (χ0n) is 12.6. The van der Waals surface area contributed by atoms with E-state index in [4.69, 9.17) is 0 Å². The molecule has 1 amide bonds. The van der Waals surface area contributed by atoms with Crippen LogP contribution in [0.3, 0.4) is 0 Å². The Labute approximate surface area is 133 Å². The molecular formula is C17H19FN2OS. The smallest absolute Gasteiger partial charge is 0.254 e. The van der Waals surface area contributed by atoms with Crippen molar-refractivity contribution in [2.45, 2.75) is 12.8 Å². The third kappa shape index (κ3) is 2.95. The highest BCUT2D eigenvalue weighted by Crippen LogP contribution is 2.25. The molecule has 1 aromatic heterocycles. The maximum atomic E-state index is 13.9. The number of benzene rings is 1. The summed E-state index contributed by atoms with van der Waals surface area (Å²) in [6.45, 7) is 1.57. The van der Waals surface area contributed by atoms with Crippen molar-refractivity contribution in [2.24, 2.45) is 5.92 Å². The van der Waals surface area contributed by atoms with Crippen molar-refractivity contribution in [3.63, 3.8) is 0 Å². The molecule has 1 saturated heterocycles. The molecule has 1 aliphatic rings. The zero-order valence-corrected chi connectivity index (χ0v) is 13.4. The summed E-state index contributed by atoms with van der Waals surface area (Å²) in [7, 11) is 0. The second kappa shape index (κ2) is 6.65. The number of carbonyl (C=O) groups excluding carboxylic acids is 1. The Morgan fingerprint density at radius 1 is 1.41 bits per heavy atom. The van der Waals surface area contributed by atoms with Crippen LogP contribution in [0.4, 0.5) is 4.39 Å². The average Bonchev–Trinajstić information content (AvgIpc) is 2.55. The van der Waals surface area contributed by atoms with E-state index in [1.165, 1.54) is 12.5 Å². The van der Waals surface area contributed by atoms with E-state index in [2.05, 4.69) is 11.2 Å². The number of fused-ring (bicyclic) bond motifs is 1. The molecule has 0 saturated carbocycles. The highest BCUT2D eigenvalue weighted by molar-refractivity contribution is 7.98. The molecule has 1 aromatic carbocycles. The molecule has 22 heavy (non-hydrogen) atoms. The van der Waals surface area contributed by atoms with Crippen LogP contribution in [-0.2, 0) is 0 Å². The number of thioether (sulfide) groups is 1. The number of hydrogen-bond donors (Lipinski definition) is 0. The van der Waals surface area contributed by atoms with E-state index in [1.54, 1.807) is 24.5 Å². The summed E-state index contributed by atoms with van der Waals surface area (Å²) in [4.78, 5) is 18.8. The molecule has 3 rings (SSSR count). The fraction of sp³-hybridized carbons (Fsp3) is 0.412. The lowest BCUT2D eigenvalue weighted by Gasteiger charge is -2.32. The highest BCUT2D eigenvalue weighted by Gasteiger charge is 2.25. The molecule has 116 valence electrons. The van der Waals surface area contributed by atoms with Gasteiger partial charge in [0.15, 0.2) is 0 Å². The molecule has 0 bridgehead atoms. The van der Waals surface area contributed by atoms with E-state index < -0.39 is 0 Å². The molecule has 2 aromatic rings. The molecule has 0 N–H and O–H groups in total. The van der Waals surface area contributed by atoms with E-state index in [1.807, 2.05) is 16.7 Å². The number of aromatic nitrogens is 1. The van der Waals surface area contributed by atoms with E-state index >= 15 is 0 Å². The van der Waals surface area contributed by atoms with Gasteiger partial charge < -0.3 is 4.90 Å². The Bertz CT molecular complexity index is 689. The largest absolute Gasteiger partial charge is 0.338 e. The molecule has 3 nitrogen and oxygen atoms in total. The van der Waals surface area contributed by atoms with Crippen LogP contribution in [0.2, 0.25) is 0 Å². The van der Waals surface area contributed by atoms with Gasteiger partial charge in [-0.2, -0.15) is 11.8 Å². The third-order valence-corrected chi connectivity index (χ3v) is 5.01. The fourth-order valence-corrected chi connectivity index (χ4v) is 3.87. The molecule has 5 heteroatoms. The van der Waals surface area contributed by atoms with Gasteiger partial charge in [0, 0.05) is 41.8 Å². The third-order valence-electron chi connectivity index (χ3n) is 4.20. The fourth-order valence-electron chi connectivity index (χ4n) is 3.13. The van der Waals surface area contributed by atoms with Crippen LogP contribution in [0.1, 0.15) is 23.2 Å². The zero-order chi connectivity index (χ0) is 15.5. The molecule has 2 heterocycles. The van der Waals surface area contributed by atoms with Crippen LogP contribution in [0.15, 0.2) is 30.6 Å². The molecule has 1 aliphatic heterocycles. The normalized spacial score (nSPS) is 18.6. The van der Waals surface area contributed by atoms with Crippen molar-refractivity contribution < 1.29 is 9.18 Å². The summed E-state index contributed by atoms with van der Waals surface area (Å²) in [5.74, 6) is 1.31. The van der Waals surface area contributed by atoms with Crippen molar-refractivity contribution in [1.82, 2.24) is 9.88 Å². The predicted molar refractivity (Wildman–Crippen MR) is 88.7 cm³/mol. The van der Waals surface area contributed by atoms with Gasteiger partial charge in [-0.25, -0.2) is 4.39 Å². The van der Waals surface area contributed by atoms with Crippen molar-refractivity contribution in [3.05, 3.63) is 42.0 Å². The van der Waals surface area contributed by atoms with Gasteiger partial charge >= 0.3 is 0 Å². The summed E-state index contributed by atoms with van der Waals surface area (Å²) < 4.78 is 13.9. The van der Waals surface area contributed by atoms with Crippen LogP contribution in [0.25, 0.3) is 10.8 Å². The molecule has 0 radical (unpaired) electrons. The van der Waals surface area contributed by atoms with Gasteiger partial charge in [0.1, 0.15) is 5.82 Å². The number of halogens is 1. The van der Waals surface area contributed by atoms with Crippen LogP contribution in [-0.4, -0.2) is 40.9 Å². The molecule has 0 spiro atoms. The second-order valence-corrected chi connectivity index (χ2v) is 6.64. The number of amides is 1. The Morgan fingerprint density at radius 3 is 3.09 bits per heavy atom. The first-order valence-corrected chi connectivity index (χ1v) is 8.90.